The first-order valence-corrected chi connectivity index (χ1v) is 6.47. The van der Waals surface area contributed by atoms with E-state index in [1.54, 1.807) is 7.11 Å². The molecule has 2 atom stereocenters. The summed E-state index contributed by atoms with van der Waals surface area (Å²) in [4.78, 5) is 0.734. The minimum Gasteiger partial charge on any atom is -0.496 e. The molecule has 0 bridgehead atoms. The van der Waals surface area contributed by atoms with Gasteiger partial charge in [-0.2, -0.15) is 0 Å². The van der Waals surface area contributed by atoms with Gasteiger partial charge in [0.1, 0.15) is 5.75 Å². The molecule has 1 saturated carbocycles. The maximum atomic E-state index is 5.37. The molecule has 0 saturated heterocycles. The smallest absolute Gasteiger partial charge is 0.122 e. The molecular weight excluding hydrogens is 252 g/mol. The first-order chi connectivity index (χ1) is 7.29. The molecule has 1 aromatic carbocycles. The van der Waals surface area contributed by atoms with Gasteiger partial charge in [0, 0.05) is 4.83 Å². The summed E-state index contributed by atoms with van der Waals surface area (Å²) >= 11 is 3.70. The van der Waals surface area contributed by atoms with Crippen molar-refractivity contribution in [1.29, 1.82) is 0 Å². The Morgan fingerprint density at radius 1 is 1.33 bits per heavy atom. The first-order valence-electron chi connectivity index (χ1n) is 5.55. The Hall–Kier alpha value is -0.500. The van der Waals surface area contributed by atoms with Crippen LogP contribution < -0.4 is 4.74 Å². The van der Waals surface area contributed by atoms with E-state index >= 15 is 0 Å². The largest absolute Gasteiger partial charge is 0.496 e. The second-order valence-corrected chi connectivity index (χ2v) is 5.59. The first kappa shape index (κ1) is 11.0. The van der Waals surface area contributed by atoms with Crippen LogP contribution in [-0.4, -0.2) is 11.9 Å². The molecule has 0 heterocycles. The Labute approximate surface area is 100.0 Å². The van der Waals surface area contributed by atoms with Gasteiger partial charge in [-0.3, -0.25) is 0 Å². The molecule has 0 spiro atoms. The van der Waals surface area contributed by atoms with E-state index in [1.165, 1.54) is 24.8 Å². The Kier molecular flexibility index (Phi) is 3.68. The van der Waals surface area contributed by atoms with E-state index in [9.17, 15) is 0 Å². The van der Waals surface area contributed by atoms with Crippen LogP contribution in [0.4, 0.5) is 0 Å². The predicted molar refractivity (Wildman–Crippen MR) is 66.8 cm³/mol. The molecule has 0 radical (unpaired) electrons. The number of ether oxygens (including phenoxy) is 1. The van der Waals surface area contributed by atoms with Crippen LogP contribution in [0.25, 0.3) is 0 Å². The van der Waals surface area contributed by atoms with Gasteiger partial charge in [-0.25, -0.2) is 0 Å². The molecule has 1 aliphatic rings. The van der Waals surface area contributed by atoms with Crippen molar-refractivity contribution in [3.8, 4) is 5.75 Å². The van der Waals surface area contributed by atoms with Gasteiger partial charge in [-0.05, 0) is 43.2 Å². The number of methoxy groups -OCH3 is 1. The minimum atomic E-state index is 0.734. The van der Waals surface area contributed by atoms with Crippen LogP contribution in [0.15, 0.2) is 24.3 Å². The summed E-state index contributed by atoms with van der Waals surface area (Å²) in [7, 11) is 1.75. The summed E-state index contributed by atoms with van der Waals surface area (Å²) < 4.78 is 5.37. The highest BCUT2D eigenvalue weighted by atomic mass is 79.9. The van der Waals surface area contributed by atoms with Crippen molar-refractivity contribution in [2.24, 2.45) is 5.92 Å². The third kappa shape index (κ3) is 2.75. The molecule has 0 aromatic heterocycles. The molecule has 2 unspecified atom stereocenters. The highest BCUT2D eigenvalue weighted by Crippen LogP contribution is 2.34. The molecule has 0 aliphatic heterocycles. The van der Waals surface area contributed by atoms with Gasteiger partial charge in [0.15, 0.2) is 0 Å². The average Bonchev–Trinajstić information content (AvgIpc) is 2.65. The van der Waals surface area contributed by atoms with E-state index in [0.29, 0.717) is 0 Å². The maximum Gasteiger partial charge on any atom is 0.122 e. The highest BCUT2D eigenvalue weighted by molar-refractivity contribution is 9.09. The number of alkyl halides is 1. The van der Waals surface area contributed by atoms with Gasteiger partial charge >= 0.3 is 0 Å². The van der Waals surface area contributed by atoms with Crippen LogP contribution in [0.2, 0.25) is 0 Å². The van der Waals surface area contributed by atoms with E-state index in [0.717, 1.165) is 22.9 Å². The lowest BCUT2D eigenvalue weighted by atomic mass is 9.97. The summed E-state index contributed by atoms with van der Waals surface area (Å²) in [5.41, 5.74) is 1.35. The summed E-state index contributed by atoms with van der Waals surface area (Å²) in [6, 6.07) is 8.36. The lowest BCUT2D eigenvalue weighted by Crippen LogP contribution is -2.02. The quantitative estimate of drug-likeness (QED) is 0.758. The third-order valence-corrected chi connectivity index (χ3v) is 4.01. The fourth-order valence-electron chi connectivity index (χ4n) is 2.38. The Bertz CT molecular complexity index is 324. The Balaban J connectivity index is 2.04. The molecule has 0 N–H and O–H groups in total. The molecule has 82 valence electrons. The number of halogens is 1. The molecule has 1 fully saturated rings. The zero-order valence-corrected chi connectivity index (χ0v) is 10.7. The topological polar surface area (TPSA) is 9.23 Å². The molecule has 1 aromatic rings. The zero-order chi connectivity index (χ0) is 10.7. The van der Waals surface area contributed by atoms with Crippen LogP contribution in [0.3, 0.4) is 0 Å². The fourth-order valence-corrected chi connectivity index (χ4v) is 3.17. The standard InChI is InChI=1S/C13H17BrO/c1-15-13-5-3-2-4-11(13)8-10-6-7-12(14)9-10/h2-5,10,12H,6-9H2,1H3. The van der Waals surface area contributed by atoms with E-state index in [2.05, 4.69) is 34.1 Å². The van der Waals surface area contributed by atoms with Gasteiger partial charge in [0.25, 0.3) is 0 Å². The lowest BCUT2D eigenvalue weighted by molar-refractivity contribution is 0.404. The average molecular weight is 269 g/mol. The van der Waals surface area contributed by atoms with Crippen molar-refractivity contribution < 1.29 is 4.74 Å². The number of benzene rings is 1. The second kappa shape index (κ2) is 5.02. The lowest BCUT2D eigenvalue weighted by Gasteiger charge is -2.12. The summed E-state index contributed by atoms with van der Waals surface area (Å²) in [6.45, 7) is 0. The van der Waals surface area contributed by atoms with Gasteiger partial charge in [-0.15, -0.1) is 0 Å². The van der Waals surface area contributed by atoms with Crippen LogP contribution in [0.1, 0.15) is 24.8 Å². The molecule has 1 nitrogen and oxygen atoms in total. The number of hydrogen-bond donors (Lipinski definition) is 0. The van der Waals surface area contributed by atoms with Crippen molar-refractivity contribution in [2.75, 3.05) is 7.11 Å². The molecule has 2 heteroatoms. The van der Waals surface area contributed by atoms with E-state index < -0.39 is 0 Å². The van der Waals surface area contributed by atoms with Crippen LogP contribution in [0.5, 0.6) is 5.75 Å². The monoisotopic (exact) mass is 268 g/mol. The van der Waals surface area contributed by atoms with E-state index in [4.69, 9.17) is 4.74 Å². The van der Waals surface area contributed by atoms with Crippen molar-refractivity contribution in [3.05, 3.63) is 29.8 Å². The molecule has 0 amide bonds. The van der Waals surface area contributed by atoms with Crippen molar-refractivity contribution >= 4 is 15.9 Å². The SMILES string of the molecule is COc1ccccc1CC1CCC(Br)C1. The number of rotatable bonds is 3. The van der Waals surface area contributed by atoms with Crippen molar-refractivity contribution in [1.82, 2.24) is 0 Å². The molecular formula is C13H17BrO. The van der Waals surface area contributed by atoms with Gasteiger partial charge in [-0.1, -0.05) is 34.1 Å². The molecule has 2 rings (SSSR count). The third-order valence-electron chi connectivity index (χ3n) is 3.18. The van der Waals surface area contributed by atoms with Crippen LogP contribution in [0, 0.1) is 5.92 Å². The van der Waals surface area contributed by atoms with Gasteiger partial charge in [0.05, 0.1) is 7.11 Å². The number of hydrogen-bond acceptors (Lipinski definition) is 1. The van der Waals surface area contributed by atoms with E-state index in [-0.39, 0.29) is 0 Å². The van der Waals surface area contributed by atoms with Crippen LogP contribution in [-0.2, 0) is 6.42 Å². The maximum absolute atomic E-state index is 5.37. The Morgan fingerprint density at radius 2 is 2.13 bits per heavy atom. The fraction of sp³-hybridized carbons (Fsp3) is 0.538. The molecule has 15 heavy (non-hydrogen) atoms. The van der Waals surface area contributed by atoms with Crippen molar-refractivity contribution in [2.45, 2.75) is 30.5 Å². The Morgan fingerprint density at radius 3 is 2.80 bits per heavy atom. The summed E-state index contributed by atoms with van der Waals surface area (Å²) in [6.07, 6.45) is 5.12. The predicted octanol–water partition coefficient (Wildman–Crippen LogP) is 3.80. The summed E-state index contributed by atoms with van der Waals surface area (Å²) in [5, 5.41) is 0. The number of para-hydroxylation sites is 1. The van der Waals surface area contributed by atoms with Gasteiger partial charge in [0.2, 0.25) is 0 Å². The van der Waals surface area contributed by atoms with Crippen molar-refractivity contribution in [3.63, 3.8) is 0 Å². The molecule has 1 aliphatic carbocycles. The second-order valence-electron chi connectivity index (χ2n) is 4.29. The van der Waals surface area contributed by atoms with Crippen LogP contribution >= 0.6 is 15.9 Å². The van der Waals surface area contributed by atoms with E-state index in [1.807, 2.05) is 6.07 Å². The minimum absolute atomic E-state index is 0.734. The summed E-state index contributed by atoms with van der Waals surface area (Å²) in [5.74, 6) is 1.86. The zero-order valence-electron chi connectivity index (χ0n) is 9.08. The highest BCUT2D eigenvalue weighted by Gasteiger charge is 2.23. The van der Waals surface area contributed by atoms with Gasteiger partial charge < -0.3 is 4.74 Å². The normalized spacial score (nSPS) is 25.5.